The van der Waals surface area contributed by atoms with Gasteiger partial charge in [-0.25, -0.2) is 9.78 Å². The lowest BCUT2D eigenvalue weighted by molar-refractivity contribution is -0.192. The van der Waals surface area contributed by atoms with E-state index in [0.29, 0.717) is 5.56 Å². The highest BCUT2D eigenvalue weighted by molar-refractivity contribution is 5.73. The van der Waals surface area contributed by atoms with E-state index in [2.05, 4.69) is 17.1 Å². The van der Waals surface area contributed by atoms with Crippen LogP contribution in [0.5, 0.6) is 0 Å². The van der Waals surface area contributed by atoms with Crippen molar-refractivity contribution in [1.29, 1.82) is 0 Å². The highest BCUT2D eigenvalue weighted by Gasteiger charge is 2.38. The molecule has 0 aliphatic carbocycles. The summed E-state index contributed by atoms with van der Waals surface area (Å²) in [7, 11) is 1.64. The Hall–Kier alpha value is -2.84. The van der Waals surface area contributed by atoms with Gasteiger partial charge >= 0.3 is 12.1 Å². The van der Waals surface area contributed by atoms with Gasteiger partial charge in [-0.2, -0.15) is 13.2 Å². The van der Waals surface area contributed by atoms with E-state index in [9.17, 15) is 18.0 Å². The SMILES string of the molecule is Cc1c(CCc2ccccc2)nc(N)n(C)c1=O.O=C(O)C(F)(F)F. The third-order valence-electron chi connectivity index (χ3n) is 3.39. The van der Waals surface area contributed by atoms with Crippen LogP contribution in [0.3, 0.4) is 0 Å². The first kappa shape index (κ1) is 20.2. The van der Waals surface area contributed by atoms with Gasteiger partial charge in [-0.3, -0.25) is 9.36 Å². The first-order valence-corrected chi connectivity index (χ1v) is 7.20. The Morgan fingerprint density at radius 3 is 2.24 bits per heavy atom. The number of benzene rings is 1. The van der Waals surface area contributed by atoms with Crippen molar-refractivity contribution in [2.75, 3.05) is 5.73 Å². The van der Waals surface area contributed by atoms with Crippen LogP contribution >= 0.6 is 0 Å². The zero-order valence-corrected chi connectivity index (χ0v) is 13.7. The smallest absolute Gasteiger partial charge is 0.475 e. The summed E-state index contributed by atoms with van der Waals surface area (Å²) < 4.78 is 33.1. The predicted molar refractivity (Wildman–Crippen MR) is 86.2 cm³/mol. The summed E-state index contributed by atoms with van der Waals surface area (Å²) in [6, 6.07) is 10.1. The van der Waals surface area contributed by atoms with Crippen LogP contribution in [0, 0.1) is 6.92 Å². The number of nitrogen functional groups attached to an aromatic ring is 1. The van der Waals surface area contributed by atoms with Crippen LogP contribution in [0.4, 0.5) is 19.1 Å². The average Bonchev–Trinajstić information content (AvgIpc) is 2.55. The maximum Gasteiger partial charge on any atom is 0.490 e. The molecule has 0 saturated carbocycles. The third kappa shape index (κ3) is 5.94. The van der Waals surface area contributed by atoms with Crippen molar-refractivity contribution < 1.29 is 23.1 Å². The number of anilines is 1. The first-order chi connectivity index (χ1) is 11.5. The van der Waals surface area contributed by atoms with E-state index in [0.717, 1.165) is 18.5 Å². The molecule has 1 aromatic heterocycles. The number of aromatic nitrogens is 2. The molecule has 0 fully saturated rings. The van der Waals surface area contributed by atoms with Gasteiger partial charge in [0.1, 0.15) is 0 Å². The molecule has 2 rings (SSSR count). The van der Waals surface area contributed by atoms with Gasteiger partial charge in [-0.1, -0.05) is 30.3 Å². The lowest BCUT2D eigenvalue weighted by atomic mass is 10.1. The standard InChI is InChI=1S/C14H17N3O.C2HF3O2/c1-10-12(16-14(15)17(2)13(10)18)9-8-11-6-4-3-5-7-11;3-2(4,5)1(6)7/h3-7H,8-9H2,1-2H3,(H2,15,16);(H,6,7). The number of aliphatic carboxylic acids is 1. The molecule has 0 amide bonds. The van der Waals surface area contributed by atoms with Crippen molar-refractivity contribution in [2.45, 2.75) is 25.9 Å². The quantitative estimate of drug-likeness (QED) is 0.876. The van der Waals surface area contributed by atoms with Gasteiger partial charge in [0, 0.05) is 12.6 Å². The number of hydrogen-bond acceptors (Lipinski definition) is 4. The largest absolute Gasteiger partial charge is 0.490 e. The van der Waals surface area contributed by atoms with Gasteiger partial charge in [0.15, 0.2) is 0 Å². The van der Waals surface area contributed by atoms with Crippen molar-refractivity contribution in [3.05, 3.63) is 57.5 Å². The summed E-state index contributed by atoms with van der Waals surface area (Å²) >= 11 is 0. The Morgan fingerprint density at radius 2 is 1.76 bits per heavy atom. The van der Waals surface area contributed by atoms with E-state index in [-0.39, 0.29) is 11.5 Å². The molecule has 0 aliphatic rings. The van der Waals surface area contributed by atoms with Crippen molar-refractivity contribution in [2.24, 2.45) is 7.05 Å². The molecule has 0 spiro atoms. The van der Waals surface area contributed by atoms with E-state index >= 15 is 0 Å². The molecule has 9 heteroatoms. The highest BCUT2D eigenvalue weighted by Crippen LogP contribution is 2.13. The molecule has 136 valence electrons. The second kappa shape index (κ2) is 8.32. The molecule has 1 heterocycles. The summed E-state index contributed by atoms with van der Waals surface area (Å²) in [5, 5.41) is 7.12. The fourth-order valence-electron chi connectivity index (χ4n) is 1.93. The van der Waals surface area contributed by atoms with Crippen LogP contribution in [-0.2, 0) is 24.7 Å². The van der Waals surface area contributed by atoms with Crippen molar-refractivity contribution in [3.8, 4) is 0 Å². The van der Waals surface area contributed by atoms with E-state index in [1.54, 1.807) is 14.0 Å². The van der Waals surface area contributed by atoms with Gasteiger partial charge in [-0.15, -0.1) is 0 Å². The number of carboxylic acids is 1. The Morgan fingerprint density at radius 1 is 1.24 bits per heavy atom. The zero-order valence-electron chi connectivity index (χ0n) is 13.7. The lowest BCUT2D eigenvalue weighted by Gasteiger charge is -2.09. The van der Waals surface area contributed by atoms with E-state index in [1.165, 1.54) is 10.1 Å². The molecular formula is C16H18F3N3O3. The highest BCUT2D eigenvalue weighted by atomic mass is 19.4. The van der Waals surface area contributed by atoms with Crippen LogP contribution in [-0.4, -0.2) is 26.8 Å². The second-order valence-electron chi connectivity index (χ2n) is 5.19. The average molecular weight is 357 g/mol. The summed E-state index contributed by atoms with van der Waals surface area (Å²) in [4.78, 5) is 25.0. The fourth-order valence-corrected chi connectivity index (χ4v) is 1.93. The van der Waals surface area contributed by atoms with Crippen LogP contribution in [0.2, 0.25) is 0 Å². The molecule has 25 heavy (non-hydrogen) atoms. The molecule has 0 bridgehead atoms. The number of hydrogen-bond donors (Lipinski definition) is 2. The zero-order chi connectivity index (χ0) is 19.2. The fraction of sp³-hybridized carbons (Fsp3) is 0.312. The molecule has 1 aromatic carbocycles. The Labute approximate surface area is 141 Å². The maximum absolute atomic E-state index is 11.9. The summed E-state index contributed by atoms with van der Waals surface area (Å²) in [5.74, 6) is -2.49. The van der Waals surface area contributed by atoms with Gasteiger partial charge in [0.2, 0.25) is 5.95 Å². The van der Waals surface area contributed by atoms with Crippen LogP contribution < -0.4 is 11.3 Å². The molecule has 0 unspecified atom stereocenters. The molecule has 3 N–H and O–H groups in total. The van der Waals surface area contributed by atoms with Gasteiger partial charge in [0.25, 0.3) is 5.56 Å². The minimum absolute atomic E-state index is 0.0643. The predicted octanol–water partition coefficient (Wildman–Crippen LogP) is 2.09. The molecule has 0 atom stereocenters. The Bertz CT molecular complexity index is 787. The Kier molecular flexibility index (Phi) is 6.72. The van der Waals surface area contributed by atoms with E-state index in [4.69, 9.17) is 15.6 Å². The molecule has 6 nitrogen and oxygen atoms in total. The van der Waals surface area contributed by atoms with Crippen molar-refractivity contribution in [3.63, 3.8) is 0 Å². The molecule has 2 aromatic rings. The lowest BCUT2D eigenvalue weighted by Crippen LogP contribution is -2.25. The third-order valence-corrected chi connectivity index (χ3v) is 3.39. The van der Waals surface area contributed by atoms with Crippen molar-refractivity contribution >= 4 is 11.9 Å². The number of nitrogens with two attached hydrogens (primary N) is 1. The van der Waals surface area contributed by atoms with Crippen LogP contribution in [0.1, 0.15) is 16.8 Å². The molecular weight excluding hydrogens is 339 g/mol. The molecule has 0 aliphatic heterocycles. The Balaban J connectivity index is 0.000000381. The number of aryl methyl sites for hydroxylation is 2. The van der Waals surface area contributed by atoms with E-state index < -0.39 is 12.1 Å². The molecule has 0 saturated heterocycles. The number of alkyl halides is 3. The van der Waals surface area contributed by atoms with E-state index in [1.807, 2.05) is 18.2 Å². The normalized spacial score (nSPS) is 10.8. The second-order valence-corrected chi connectivity index (χ2v) is 5.19. The summed E-state index contributed by atoms with van der Waals surface area (Å²) in [6.07, 6.45) is -3.49. The van der Waals surface area contributed by atoms with Crippen LogP contribution in [0.15, 0.2) is 35.1 Å². The topological polar surface area (TPSA) is 98.2 Å². The van der Waals surface area contributed by atoms with Gasteiger partial charge in [-0.05, 0) is 25.3 Å². The maximum atomic E-state index is 11.9. The first-order valence-electron chi connectivity index (χ1n) is 7.20. The van der Waals surface area contributed by atoms with Crippen molar-refractivity contribution in [1.82, 2.24) is 9.55 Å². The monoisotopic (exact) mass is 357 g/mol. The number of nitrogens with zero attached hydrogens (tertiary/aromatic N) is 2. The minimum Gasteiger partial charge on any atom is -0.475 e. The number of carboxylic acid groups (broad SMARTS) is 1. The number of rotatable bonds is 3. The van der Waals surface area contributed by atoms with Crippen LogP contribution in [0.25, 0.3) is 0 Å². The summed E-state index contributed by atoms with van der Waals surface area (Å²) in [6.45, 7) is 1.80. The van der Waals surface area contributed by atoms with Gasteiger partial charge < -0.3 is 10.8 Å². The summed E-state index contributed by atoms with van der Waals surface area (Å²) in [5.41, 5.74) is 8.36. The number of halogens is 3. The minimum atomic E-state index is -5.08. The van der Waals surface area contributed by atoms with Gasteiger partial charge in [0.05, 0.1) is 5.69 Å². The number of carbonyl (C=O) groups is 1. The molecule has 0 radical (unpaired) electrons.